The molecule has 1 aromatic carbocycles. The Bertz CT molecular complexity index is 585. The highest BCUT2D eigenvalue weighted by Crippen LogP contribution is 2.33. The first-order chi connectivity index (χ1) is 8.30. The first-order valence-electron chi connectivity index (χ1n) is 4.98. The summed E-state index contributed by atoms with van der Waals surface area (Å²) in [4.78, 5) is 12.5. The van der Waals surface area contributed by atoms with Crippen LogP contribution in [-0.2, 0) is 15.0 Å². The van der Waals surface area contributed by atoms with Crippen molar-refractivity contribution in [1.29, 1.82) is 0 Å². The summed E-state index contributed by atoms with van der Waals surface area (Å²) in [6.45, 7) is -0.432. The van der Waals surface area contributed by atoms with E-state index in [9.17, 15) is 21.5 Å². The summed E-state index contributed by atoms with van der Waals surface area (Å²) in [5, 5.41) is -1.50. The minimum absolute atomic E-state index is 0.0275. The number of amides is 1. The van der Waals surface area contributed by atoms with Crippen LogP contribution in [0.1, 0.15) is 6.42 Å². The Labute approximate surface area is 107 Å². The van der Waals surface area contributed by atoms with E-state index < -0.39 is 40.2 Å². The van der Waals surface area contributed by atoms with E-state index in [1.165, 1.54) is 12.1 Å². The predicted octanol–water partition coefficient (Wildman–Crippen LogP) is 1.88. The van der Waals surface area contributed by atoms with Crippen LogP contribution in [0.15, 0.2) is 18.2 Å². The number of para-hydroxylation sites is 1. The first-order valence-corrected chi connectivity index (χ1v) is 6.81. The average molecular weight is 296 g/mol. The van der Waals surface area contributed by atoms with Crippen molar-refractivity contribution in [1.82, 2.24) is 0 Å². The Kier molecular flexibility index (Phi) is 3.29. The molecule has 1 unspecified atom stereocenters. The molecule has 2 rings (SSSR count). The van der Waals surface area contributed by atoms with Gasteiger partial charge in [0.25, 0.3) is 0 Å². The van der Waals surface area contributed by atoms with Crippen LogP contribution in [0.2, 0.25) is 5.02 Å². The van der Waals surface area contributed by atoms with Crippen molar-refractivity contribution in [2.45, 2.75) is 11.7 Å². The van der Waals surface area contributed by atoms with Crippen LogP contribution >= 0.6 is 11.6 Å². The Morgan fingerprint density at radius 3 is 2.56 bits per heavy atom. The number of halogens is 3. The highest BCUT2D eigenvalue weighted by Gasteiger charge is 2.40. The third-order valence-electron chi connectivity index (χ3n) is 2.70. The highest BCUT2D eigenvalue weighted by atomic mass is 35.5. The van der Waals surface area contributed by atoms with Gasteiger partial charge in [-0.2, -0.15) is 8.42 Å². The lowest BCUT2D eigenvalue weighted by Crippen LogP contribution is -2.28. The van der Waals surface area contributed by atoms with Crippen molar-refractivity contribution in [2.75, 3.05) is 11.4 Å². The van der Waals surface area contributed by atoms with Gasteiger partial charge in [0, 0.05) is 13.0 Å². The van der Waals surface area contributed by atoms with Crippen molar-refractivity contribution in [3.05, 3.63) is 29.0 Å². The molecule has 0 aliphatic carbocycles. The largest absolute Gasteiger partial charge is 0.307 e. The topological polar surface area (TPSA) is 54.5 Å². The van der Waals surface area contributed by atoms with Gasteiger partial charge in [-0.3, -0.25) is 4.79 Å². The van der Waals surface area contributed by atoms with E-state index in [0.717, 1.165) is 11.0 Å². The molecule has 8 heteroatoms. The van der Waals surface area contributed by atoms with Crippen LogP contribution in [0.4, 0.5) is 14.0 Å². The second-order valence-electron chi connectivity index (χ2n) is 3.88. The second kappa shape index (κ2) is 4.47. The Morgan fingerprint density at radius 2 is 2.06 bits per heavy atom. The fourth-order valence-corrected chi connectivity index (χ4v) is 2.76. The summed E-state index contributed by atoms with van der Waals surface area (Å²) in [6.07, 6.45) is -0.510. The van der Waals surface area contributed by atoms with Crippen LogP contribution in [0.5, 0.6) is 0 Å². The molecule has 0 aromatic heterocycles. The molecule has 1 aliphatic heterocycles. The van der Waals surface area contributed by atoms with Gasteiger partial charge in [-0.15, -0.1) is 3.89 Å². The third kappa shape index (κ3) is 2.32. The minimum atomic E-state index is -4.83. The zero-order chi connectivity index (χ0) is 13.5. The van der Waals surface area contributed by atoms with Crippen LogP contribution in [0.3, 0.4) is 0 Å². The normalized spacial score (nSPS) is 20.5. The molecule has 0 radical (unpaired) electrons. The molecule has 1 heterocycles. The summed E-state index contributed by atoms with van der Waals surface area (Å²) in [6, 6.07) is 3.81. The first kappa shape index (κ1) is 13.2. The number of anilines is 1. The maximum atomic E-state index is 13.6. The molecule has 1 aliphatic rings. The molecule has 1 amide bonds. The lowest BCUT2D eigenvalue weighted by Gasteiger charge is -2.18. The van der Waals surface area contributed by atoms with Crippen LogP contribution < -0.4 is 4.90 Å². The lowest BCUT2D eigenvalue weighted by atomic mass is 10.3. The van der Waals surface area contributed by atoms with Crippen molar-refractivity contribution < 1.29 is 21.5 Å². The van der Waals surface area contributed by atoms with Gasteiger partial charge in [0.05, 0.1) is 10.7 Å². The maximum absolute atomic E-state index is 13.6. The van der Waals surface area contributed by atoms with Crippen molar-refractivity contribution in [3.8, 4) is 0 Å². The number of hydrogen-bond acceptors (Lipinski definition) is 3. The molecule has 98 valence electrons. The van der Waals surface area contributed by atoms with E-state index in [2.05, 4.69) is 0 Å². The molecular weight excluding hydrogens is 288 g/mol. The summed E-state index contributed by atoms with van der Waals surface area (Å²) >= 11 is 5.76. The van der Waals surface area contributed by atoms with E-state index in [4.69, 9.17) is 11.6 Å². The summed E-state index contributed by atoms with van der Waals surface area (Å²) in [7, 11) is -4.83. The van der Waals surface area contributed by atoms with Gasteiger partial charge < -0.3 is 4.90 Å². The van der Waals surface area contributed by atoms with Crippen LogP contribution in [0.25, 0.3) is 0 Å². The number of hydrogen-bond donors (Lipinski definition) is 0. The van der Waals surface area contributed by atoms with E-state index in [1.54, 1.807) is 0 Å². The SMILES string of the molecule is O=C1CC(S(=O)(=O)F)CN1c1c(F)cccc1Cl. The van der Waals surface area contributed by atoms with Crippen molar-refractivity contribution in [3.63, 3.8) is 0 Å². The molecule has 1 atom stereocenters. The van der Waals surface area contributed by atoms with Gasteiger partial charge in [-0.1, -0.05) is 17.7 Å². The summed E-state index contributed by atoms with van der Waals surface area (Å²) in [5.74, 6) is -1.43. The highest BCUT2D eigenvalue weighted by molar-refractivity contribution is 7.87. The Morgan fingerprint density at radius 1 is 1.39 bits per heavy atom. The summed E-state index contributed by atoms with van der Waals surface area (Å²) in [5.41, 5.74) is -0.213. The van der Waals surface area contributed by atoms with Gasteiger partial charge in [0.15, 0.2) is 0 Å². The number of carbonyl (C=O) groups excluding carboxylic acids is 1. The zero-order valence-corrected chi connectivity index (χ0v) is 10.5. The number of nitrogens with zero attached hydrogens (tertiary/aromatic N) is 1. The van der Waals surface area contributed by atoms with E-state index in [1.807, 2.05) is 0 Å². The van der Waals surface area contributed by atoms with Gasteiger partial charge >= 0.3 is 10.2 Å². The molecule has 4 nitrogen and oxygen atoms in total. The lowest BCUT2D eigenvalue weighted by molar-refractivity contribution is -0.117. The van der Waals surface area contributed by atoms with Gasteiger partial charge in [0.2, 0.25) is 5.91 Å². The molecule has 0 bridgehead atoms. The number of carbonyl (C=O) groups is 1. The molecule has 1 saturated heterocycles. The second-order valence-corrected chi connectivity index (χ2v) is 5.90. The molecule has 1 aromatic rings. The smallest absolute Gasteiger partial charge is 0.307 e. The molecule has 0 spiro atoms. The molecule has 0 saturated carbocycles. The number of benzene rings is 1. The van der Waals surface area contributed by atoms with Crippen LogP contribution in [-0.4, -0.2) is 26.1 Å². The van der Waals surface area contributed by atoms with Crippen molar-refractivity contribution >= 4 is 33.4 Å². The van der Waals surface area contributed by atoms with E-state index in [0.29, 0.717) is 0 Å². The quantitative estimate of drug-likeness (QED) is 0.783. The molecule has 1 fully saturated rings. The zero-order valence-electron chi connectivity index (χ0n) is 8.94. The standard InChI is InChI=1S/C10H8ClF2NO3S/c11-7-2-1-3-8(12)10(7)14-5-6(4-9(14)15)18(13,16)17/h1-3,6H,4-5H2. The van der Waals surface area contributed by atoms with Gasteiger partial charge in [-0.25, -0.2) is 4.39 Å². The summed E-state index contributed by atoms with van der Waals surface area (Å²) < 4.78 is 47.9. The van der Waals surface area contributed by atoms with Crippen molar-refractivity contribution in [2.24, 2.45) is 0 Å². The van der Waals surface area contributed by atoms with E-state index >= 15 is 0 Å². The average Bonchev–Trinajstić information content (AvgIpc) is 2.60. The fraction of sp³-hybridized carbons (Fsp3) is 0.300. The maximum Gasteiger partial charge on any atom is 0.307 e. The number of rotatable bonds is 2. The van der Waals surface area contributed by atoms with Gasteiger partial charge in [0.1, 0.15) is 11.1 Å². The van der Waals surface area contributed by atoms with Crippen LogP contribution in [0, 0.1) is 5.82 Å². The van der Waals surface area contributed by atoms with E-state index in [-0.39, 0.29) is 10.7 Å². The molecule has 18 heavy (non-hydrogen) atoms. The Balaban J connectivity index is 2.39. The minimum Gasteiger partial charge on any atom is -0.307 e. The van der Waals surface area contributed by atoms with Gasteiger partial charge in [-0.05, 0) is 12.1 Å². The molecular formula is C10H8ClF2NO3S. The third-order valence-corrected chi connectivity index (χ3v) is 4.11. The monoisotopic (exact) mass is 295 g/mol. The predicted molar refractivity (Wildman–Crippen MR) is 62.2 cm³/mol. The Hall–Kier alpha value is -1.21. The fourth-order valence-electron chi connectivity index (χ4n) is 1.83. The molecule has 0 N–H and O–H groups in total.